The molecular formula is C17H29N3. The van der Waals surface area contributed by atoms with E-state index in [1.54, 1.807) is 0 Å². The monoisotopic (exact) mass is 275 g/mol. The Morgan fingerprint density at radius 1 is 1.30 bits per heavy atom. The Hall–Kier alpha value is -1.09. The zero-order chi connectivity index (χ0) is 14.6. The Labute approximate surface area is 123 Å². The maximum Gasteiger partial charge on any atom is 0.128 e. The summed E-state index contributed by atoms with van der Waals surface area (Å²) in [5, 5.41) is 3.50. The summed E-state index contributed by atoms with van der Waals surface area (Å²) in [6.07, 6.45) is 4.45. The van der Waals surface area contributed by atoms with Crippen molar-refractivity contribution < 1.29 is 0 Å². The molecule has 0 unspecified atom stereocenters. The van der Waals surface area contributed by atoms with Gasteiger partial charge in [0, 0.05) is 25.8 Å². The van der Waals surface area contributed by atoms with Gasteiger partial charge in [0.05, 0.1) is 0 Å². The predicted molar refractivity (Wildman–Crippen MR) is 86.0 cm³/mol. The van der Waals surface area contributed by atoms with E-state index < -0.39 is 0 Å². The number of aromatic nitrogens is 1. The molecule has 1 aromatic rings. The first-order valence-electron chi connectivity index (χ1n) is 7.87. The smallest absolute Gasteiger partial charge is 0.128 e. The lowest BCUT2D eigenvalue weighted by Crippen LogP contribution is -2.37. The summed E-state index contributed by atoms with van der Waals surface area (Å²) in [6, 6.07) is 4.36. The fourth-order valence-electron chi connectivity index (χ4n) is 2.59. The molecule has 0 spiro atoms. The highest BCUT2D eigenvalue weighted by Gasteiger charge is 2.25. The van der Waals surface area contributed by atoms with Crippen LogP contribution < -0.4 is 10.2 Å². The highest BCUT2D eigenvalue weighted by molar-refractivity contribution is 5.41. The van der Waals surface area contributed by atoms with Gasteiger partial charge in [-0.05, 0) is 48.4 Å². The molecule has 3 heteroatoms. The predicted octanol–water partition coefficient (Wildman–Crippen LogP) is 3.45. The van der Waals surface area contributed by atoms with Crippen molar-refractivity contribution in [3.63, 3.8) is 0 Å². The van der Waals surface area contributed by atoms with Crippen molar-refractivity contribution in [2.45, 2.75) is 47.1 Å². The molecule has 1 N–H and O–H groups in total. The Kier molecular flexibility index (Phi) is 5.03. The summed E-state index contributed by atoms with van der Waals surface area (Å²) in [4.78, 5) is 6.98. The van der Waals surface area contributed by atoms with Gasteiger partial charge in [0.1, 0.15) is 5.82 Å². The van der Waals surface area contributed by atoms with E-state index in [-0.39, 0.29) is 0 Å². The summed E-state index contributed by atoms with van der Waals surface area (Å²) in [7, 11) is 0. The van der Waals surface area contributed by atoms with Gasteiger partial charge < -0.3 is 10.2 Å². The molecule has 2 heterocycles. The molecule has 0 aromatic carbocycles. The number of pyridine rings is 1. The Morgan fingerprint density at radius 2 is 2.00 bits per heavy atom. The van der Waals surface area contributed by atoms with Crippen LogP contribution in [-0.4, -0.2) is 24.6 Å². The van der Waals surface area contributed by atoms with E-state index in [4.69, 9.17) is 0 Å². The van der Waals surface area contributed by atoms with Gasteiger partial charge in [0.15, 0.2) is 0 Å². The fourth-order valence-corrected chi connectivity index (χ4v) is 2.59. The van der Waals surface area contributed by atoms with Crippen LogP contribution in [0.15, 0.2) is 18.3 Å². The Morgan fingerprint density at radius 3 is 2.65 bits per heavy atom. The van der Waals surface area contributed by atoms with Gasteiger partial charge in [-0.15, -0.1) is 0 Å². The third-order valence-corrected chi connectivity index (χ3v) is 4.13. The van der Waals surface area contributed by atoms with Crippen LogP contribution in [0.4, 0.5) is 5.82 Å². The third kappa shape index (κ3) is 4.48. The average Bonchev–Trinajstić information content (AvgIpc) is 2.38. The first kappa shape index (κ1) is 15.3. The minimum Gasteiger partial charge on any atom is -0.357 e. The van der Waals surface area contributed by atoms with E-state index in [0.717, 1.165) is 32.0 Å². The molecule has 0 radical (unpaired) electrons. The molecule has 112 valence electrons. The molecule has 0 saturated carbocycles. The van der Waals surface area contributed by atoms with E-state index in [1.165, 1.54) is 18.4 Å². The largest absolute Gasteiger partial charge is 0.357 e. The molecule has 0 amide bonds. The molecule has 1 fully saturated rings. The Bertz CT molecular complexity index is 416. The summed E-state index contributed by atoms with van der Waals surface area (Å²) in [5.41, 5.74) is 1.83. The number of piperidine rings is 1. The summed E-state index contributed by atoms with van der Waals surface area (Å²) >= 11 is 0. The standard InChI is InChI=1S/C17H29N3/c1-14(2)12-18-13-15-5-8-19-16(11-15)20-9-6-17(3,4)7-10-20/h5,8,11,14,18H,6-7,9-10,12-13H2,1-4H3. The van der Waals surface area contributed by atoms with Gasteiger partial charge in [0.25, 0.3) is 0 Å². The molecule has 0 atom stereocenters. The molecule has 0 aliphatic carbocycles. The van der Waals surface area contributed by atoms with Crippen molar-refractivity contribution >= 4 is 5.82 Å². The molecule has 1 aliphatic rings. The highest BCUT2D eigenvalue weighted by atomic mass is 15.2. The van der Waals surface area contributed by atoms with Gasteiger partial charge in [-0.1, -0.05) is 27.7 Å². The third-order valence-electron chi connectivity index (χ3n) is 4.13. The van der Waals surface area contributed by atoms with Crippen LogP contribution >= 0.6 is 0 Å². The van der Waals surface area contributed by atoms with E-state index in [2.05, 4.69) is 55.0 Å². The van der Waals surface area contributed by atoms with Gasteiger partial charge in [0.2, 0.25) is 0 Å². The highest BCUT2D eigenvalue weighted by Crippen LogP contribution is 2.31. The Balaban J connectivity index is 1.92. The van der Waals surface area contributed by atoms with E-state index in [9.17, 15) is 0 Å². The van der Waals surface area contributed by atoms with Crippen LogP contribution in [-0.2, 0) is 6.54 Å². The van der Waals surface area contributed by atoms with Crippen LogP contribution in [0.25, 0.3) is 0 Å². The van der Waals surface area contributed by atoms with Crippen LogP contribution in [0.3, 0.4) is 0 Å². The van der Waals surface area contributed by atoms with Crippen LogP contribution in [0.2, 0.25) is 0 Å². The minimum atomic E-state index is 0.493. The fraction of sp³-hybridized carbons (Fsp3) is 0.706. The van der Waals surface area contributed by atoms with Crippen molar-refractivity contribution in [3.8, 4) is 0 Å². The number of hydrogen-bond acceptors (Lipinski definition) is 3. The average molecular weight is 275 g/mol. The molecule has 1 aromatic heterocycles. The first-order valence-corrected chi connectivity index (χ1v) is 7.87. The van der Waals surface area contributed by atoms with Crippen molar-refractivity contribution in [2.24, 2.45) is 11.3 Å². The second kappa shape index (κ2) is 6.57. The van der Waals surface area contributed by atoms with Crippen molar-refractivity contribution in [1.29, 1.82) is 0 Å². The summed E-state index contributed by atoms with van der Waals surface area (Å²) in [6.45, 7) is 13.5. The van der Waals surface area contributed by atoms with Crippen molar-refractivity contribution in [3.05, 3.63) is 23.9 Å². The topological polar surface area (TPSA) is 28.2 Å². The zero-order valence-electron chi connectivity index (χ0n) is 13.4. The number of nitrogens with one attached hydrogen (secondary N) is 1. The van der Waals surface area contributed by atoms with Crippen LogP contribution in [0.5, 0.6) is 0 Å². The molecule has 0 bridgehead atoms. The lowest BCUT2D eigenvalue weighted by Gasteiger charge is -2.37. The number of rotatable bonds is 5. The van der Waals surface area contributed by atoms with Crippen LogP contribution in [0.1, 0.15) is 46.1 Å². The van der Waals surface area contributed by atoms with E-state index >= 15 is 0 Å². The number of hydrogen-bond donors (Lipinski definition) is 1. The molecular weight excluding hydrogens is 246 g/mol. The summed E-state index contributed by atoms with van der Waals surface area (Å²) in [5.74, 6) is 1.84. The quantitative estimate of drug-likeness (QED) is 0.892. The maximum atomic E-state index is 4.55. The summed E-state index contributed by atoms with van der Waals surface area (Å²) < 4.78 is 0. The molecule has 2 rings (SSSR count). The molecule has 3 nitrogen and oxygen atoms in total. The lowest BCUT2D eigenvalue weighted by atomic mass is 9.83. The van der Waals surface area contributed by atoms with Crippen molar-refractivity contribution in [1.82, 2.24) is 10.3 Å². The van der Waals surface area contributed by atoms with Gasteiger partial charge in [-0.3, -0.25) is 0 Å². The minimum absolute atomic E-state index is 0.493. The van der Waals surface area contributed by atoms with Crippen molar-refractivity contribution in [2.75, 3.05) is 24.5 Å². The number of nitrogens with zero attached hydrogens (tertiary/aromatic N) is 2. The zero-order valence-corrected chi connectivity index (χ0v) is 13.4. The molecule has 1 aliphatic heterocycles. The van der Waals surface area contributed by atoms with E-state index in [0.29, 0.717) is 11.3 Å². The molecule has 1 saturated heterocycles. The van der Waals surface area contributed by atoms with Crippen LogP contribution in [0, 0.1) is 11.3 Å². The van der Waals surface area contributed by atoms with Gasteiger partial charge in [-0.25, -0.2) is 4.98 Å². The molecule has 20 heavy (non-hydrogen) atoms. The van der Waals surface area contributed by atoms with Gasteiger partial charge >= 0.3 is 0 Å². The van der Waals surface area contributed by atoms with E-state index in [1.807, 2.05) is 6.20 Å². The number of anilines is 1. The van der Waals surface area contributed by atoms with Gasteiger partial charge in [-0.2, -0.15) is 0 Å². The lowest BCUT2D eigenvalue weighted by molar-refractivity contribution is 0.279. The first-order chi connectivity index (χ1) is 9.46. The normalized spacial score (nSPS) is 18.6. The maximum absolute atomic E-state index is 4.55. The SMILES string of the molecule is CC(C)CNCc1ccnc(N2CCC(C)(C)CC2)c1. The second-order valence-electron chi connectivity index (χ2n) is 7.20. The second-order valence-corrected chi connectivity index (χ2v) is 7.20.